The van der Waals surface area contributed by atoms with E-state index in [0.29, 0.717) is 34.6 Å². The molecule has 0 saturated heterocycles. The summed E-state index contributed by atoms with van der Waals surface area (Å²) in [4.78, 5) is 26.4. The molecule has 3 aromatic carbocycles. The van der Waals surface area contributed by atoms with E-state index in [0.717, 1.165) is 29.7 Å². The molecule has 1 heterocycles. The number of nitrogens with one attached hydrogen (secondary N) is 1. The summed E-state index contributed by atoms with van der Waals surface area (Å²) in [6, 6.07) is 24.5. The van der Waals surface area contributed by atoms with Crippen molar-refractivity contribution in [3.63, 3.8) is 0 Å². The van der Waals surface area contributed by atoms with E-state index in [9.17, 15) is 15.2 Å². The van der Waals surface area contributed by atoms with Crippen LogP contribution in [-0.2, 0) is 4.79 Å². The van der Waals surface area contributed by atoms with E-state index in [4.69, 9.17) is 4.99 Å². The lowest BCUT2D eigenvalue weighted by Crippen LogP contribution is -2.39. The number of benzene rings is 3. The van der Waals surface area contributed by atoms with E-state index in [1.165, 1.54) is 0 Å². The lowest BCUT2D eigenvalue weighted by molar-refractivity contribution is -0.119. The van der Waals surface area contributed by atoms with Gasteiger partial charge in [0.1, 0.15) is 0 Å². The number of aromatic amines is 1. The average Bonchev–Trinajstić information content (AvgIpc) is 3.25. The minimum Gasteiger partial charge on any atom is -0.494 e. The molecule has 0 spiro atoms. The van der Waals surface area contributed by atoms with Crippen LogP contribution in [0.4, 0.5) is 11.4 Å². The Hall–Kier alpha value is -4.45. The van der Waals surface area contributed by atoms with Gasteiger partial charge in [0.2, 0.25) is 5.91 Å². The van der Waals surface area contributed by atoms with Gasteiger partial charge >= 0.3 is 0 Å². The molecule has 1 amide bonds. The highest BCUT2D eigenvalue weighted by Gasteiger charge is 2.19. The Bertz CT molecular complexity index is 1480. The van der Waals surface area contributed by atoms with Crippen molar-refractivity contribution in [1.29, 1.82) is 5.26 Å². The topological polar surface area (TPSA) is 99.0 Å². The summed E-state index contributed by atoms with van der Waals surface area (Å²) in [5, 5.41) is 20.9. The van der Waals surface area contributed by atoms with E-state index >= 15 is 0 Å². The Labute approximate surface area is 223 Å². The molecule has 194 valence electrons. The minimum atomic E-state index is -0.0157. The van der Waals surface area contributed by atoms with Crippen LogP contribution >= 0.6 is 0 Å². The van der Waals surface area contributed by atoms with Crippen LogP contribution in [-0.4, -0.2) is 79.3 Å². The zero-order chi connectivity index (χ0) is 27.2. The van der Waals surface area contributed by atoms with Crippen molar-refractivity contribution in [1.82, 2.24) is 14.8 Å². The Morgan fingerprint density at radius 3 is 2.34 bits per heavy atom. The number of aliphatic imine (C=N–C) groups is 1. The van der Waals surface area contributed by atoms with Gasteiger partial charge in [-0.2, -0.15) is 5.26 Å². The number of carbonyl (C=O) groups is 1. The van der Waals surface area contributed by atoms with Crippen molar-refractivity contribution in [3.05, 3.63) is 89.5 Å². The van der Waals surface area contributed by atoms with Crippen molar-refractivity contribution < 1.29 is 9.90 Å². The minimum absolute atomic E-state index is 0.00735. The van der Waals surface area contributed by atoms with Gasteiger partial charge in [0.15, 0.2) is 5.88 Å². The standard InChI is InChI=1S/C30H32N6O2/c1-34(2)16-17-35(3)20-27(37)36(4)24-13-11-23(12-14-24)32-29(22-8-6-5-7-9-22)28-25-15-10-21(19-31)18-26(25)33-30(28)38/h5-15,18,33,38H,16-17,20H2,1-4H3. The van der Waals surface area contributed by atoms with Crippen molar-refractivity contribution in [3.8, 4) is 11.9 Å². The molecule has 0 aliphatic rings. The predicted molar refractivity (Wildman–Crippen MR) is 152 cm³/mol. The van der Waals surface area contributed by atoms with Gasteiger partial charge in [0.25, 0.3) is 0 Å². The summed E-state index contributed by atoms with van der Waals surface area (Å²) in [6.45, 7) is 2.02. The molecule has 2 N–H and O–H groups in total. The van der Waals surface area contributed by atoms with Crippen molar-refractivity contribution >= 4 is 33.9 Å². The number of hydrogen-bond acceptors (Lipinski definition) is 6. The van der Waals surface area contributed by atoms with Crippen LogP contribution < -0.4 is 4.90 Å². The Morgan fingerprint density at radius 2 is 1.68 bits per heavy atom. The number of anilines is 1. The maximum absolute atomic E-state index is 12.8. The quantitative estimate of drug-likeness (QED) is 0.327. The first-order valence-corrected chi connectivity index (χ1v) is 12.4. The summed E-state index contributed by atoms with van der Waals surface area (Å²) in [5.41, 5.74) is 4.61. The van der Waals surface area contributed by atoms with Gasteiger partial charge in [-0.15, -0.1) is 0 Å². The molecular weight excluding hydrogens is 476 g/mol. The molecule has 4 aromatic rings. The molecule has 0 aliphatic heterocycles. The highest BCUT2D eigenvalue weighted by atomic mass is 16.3. The third-order valence-electron chi connectivity index (χ3n) is 6.38. The molecule has 0 saturated carbocycles. The first-order valence-electron chi connectivity index (χ1n) is 12.4. The number of aromatic nitrogens is 1. The van der Waals surface area contributed by atoms with Crippen LogP contribution in [0.15, 0.2) is 77.8 Å². The average molecular weight is 509 g/mol. The second-order valence-corrected chi connectivity index (χ2v) is 9.56. The van der Waals surface area contributed by atoms with Gasteiger partial charge in [-0.25, -0.2) is 4.99 Å². The van der Waals surface area contributed by atoms with E-state index < -0.39 is 0 Å². The van der Waals surface area contributed by atoms with Gasteiger partial charge in [0.05, 0.1) is 40.7 Å². The van der Waals surface area contributed by atoms with Crippen LogP contribution in [0.2, 0.25) is 0 Å². The first kappa shape index (κ1) is 26.6. The second kappa shape index (κ2) is 11.7. The monoisotopic (exact) mass is 508 g/mol. The Morgan fingerprint density at radius 1 is 0.974 bits per heavy atom. The lowest BCUT2D eigenvalue weighted by Gasteiger charge is -2.23. The number of hydrogen-bond donors (Lipinski definition) is 2. The number of H-pyrrole nitrogens is 1. The smallest absolute Gasteiger partial charge is 0.240 e. The highest BCUT2D eigenvalue weighted by Crippen LogP contribution is 2.32. The molecule has 8 heteroatoms. The molecular formula is C30H32N6O2. The van der Waals surface area contributed by atoms with E-state index in [2.05, 4.69) is 16.0 Å². The molecule has 0 radical (unpaired) electrons. The van der Waals surface area contributed by atoms with Crippen LogP contribution in [0.5, 0.6) is 5.88 Å². The summed E-state index contributed by atoms with van der Waals surface area (Å²) in [7, 11) is 7.74. The van der Waals surface area contributed by atoms with Crippen LogP contribution in [0.25, 0.3) is 10.9 Å². The van der Waals surface area contributed by atoms with Crippen LogP contribution in [0, 0.1) is 11.3 Å². The maximum Gasteiger partial charge on any atom is 0.240 e. The summed E-state index contributed by atoms with van der Waals surface area (Å²) in [6.07, 6.45) is 0. The number of nitrogens with zero attached hydrogens (tertiary/aromatic N) is 5. The molecule has 0 unspecified atom stereocenters. The van der Waals surface area contributed by atoms with Gasteiger partial charge in [0, 0.05) is 36.8 Å². The zero-order valence-electron chi connectivity index (χ0n) is 22.1. The van der Waals surface area contributed by atoms with Crippen LogP contribution in [0.1, 0.15) is 16.7 Å². The number of aromatic hydroxyl groups is 1. The third-order valence-corrected chi connectivity index (χ3v) is 6.38. The zero-order valence-corrected chi connectivity index (χ0v) is 22.1. The summed E-state index contributed by atoms with van der Waals surface area (Å²) < 4.78 is 0. The summed E-state index contributed by atoms with van der Waals surface area (Å²) in [5.74, 6) is -0.00837. The Balaban J connectivity index is 1.64. The normalized spacial score (nSPS) is 11.8. The molecule has 0 bridgehead atoms. The third kappa shape index (κ3) is 6.09. The van der Waals surface area contributed by atoms with Crippen molar-refractivity contribution in [2.45, 2.75) is 0 Å². The fraction of sp³-hybridized carbons (Fsp3) is 0.233. The summed E-state index contributed by atoms with van der Waals surface area (Å²) >= 11 is 0. The number of carbonyl (C=O) groups excluding carboxylic acids is 1. The second-order valence-electron chi connectivity index (χ2n) is 9.56. The van der Waals surface area contributed by atoms with Gasteiger partial charge in [-0.1, -0.05) is 36.4 Å². The molecule has 0 atom stereocenters. The molecule has 1 aromatic heterocycles. The van der Waals surface area contributed by atoms with E-state index in [1.54, 1.807) is 24.1 Å². The highest BCUT2D eigenvalue weighted by molar-refractivity contribution is 6.22. The Kier molecular flexibility index (Phi) is 8.22. The largest absolute Gasteiger partial charge is 0.494 e. The van der Waals surface area contributed by atoms with E-state index in [1.807, 2.05) is 86.7 Å². The van der Waals surface area contributed by atoms with Gasteiger partial charge < -0.3 is 19.9 Å². The molecule has 8 nitrogen and oxygen atoms in total. The number of fused-ring (bicyclic) bond motifs is 1. The van der Waals surface area contributed by atoms with Crippen LogP contribution in [0.3, 0.4) is 0 Å². The fourth-order valence-electron chi connectivity index (χ4n) is 4.16. The number of amides is 1. The maximum atomic E-state index is 12.8. The number of rotatable bonds is 9. The number of likely N-dealkylation sites (N-methyl/N-ethyl adjacent to an activating group) is 3. The molecule has 4 rings (SSSR count). The lowest BCUT2D eigenvalue weighted by atomic mass is 10.00. The van der Waals surface area contributed by atoms with Crippen molar-refractivity contribution in [2.24, 2.45) is 4.99 Å². The van der Waals surface area contributed by atoms with Gasteiger partial charge in [-0.3, -0.25) is 9.69 Å². The first-order chi connectivity index (χ1) is 18.3. The predicted octanol–water partition coefficient (Wildman–Crippen LogP) is 4.37. The van der Waals surface area contributed by atoms with E-state index in [-0.39, 0.29) is 11.8 Å². The number of nitriles is 1. The molecule has 0 fully saturated rings. The SMILES string of the molecule is CN(C)CCN(C)CC(=O)N(C)c1ccc(N=C(c2ccccc2)c2c(O)[nH]c3cc(C#N)ccc23)cc1. The van der Waals surface area contributed by atoms with Crippen molar-refractivity contribution in [2.75, 3.05) is 52.7 Å². The molecule has 38 heavy (non-hydrogen) atoms. The molecule has 0 aliphatic carbocycles. The fourth-order valence-corrected chi connectivity index (χ4v) is 4.16. The van der Waals surface area contributed by atoms with Gasteiger partial charge in [-0.05, 0) is 57.5 Å².